The van der Waals surface area contributed by atoms with Crippen LogP contribution >= 0.6 is 0 Å². The van der Waals surface area contributed by atoms with Crippen LogP contribution in [0, 0.1) is 0 Å². The number of nitrogens with one attached hydrogen (secondary N) is 2. The zero-order chi connectivity index (χ0) is 15.6. The number of rotatable bonds is 3. The van der Waals surface area contributed by atoms with E-state index >= 15 is 0 Å². The Labute approximate surface area is 132 Å². The quantitative estimate of drug-likeness (QED) is 0.571. The Balaban J connectivity index is 1.77. The van der Waals surface area contributed by atoms with E-state index in [1.165, 1.54) is 0 Å². The molecule has 0 radical (unpaired) electrons. The van der Waals surface area contributed by atoms with Crippen molar-refractivity contribution in [3.8, 4) is 0 Å². The summed E-state index contributed by atoms with van der Waals surface area (Å²) in [5.41, 5.74) is 2.54. The largest absolute Gasteiger partial charge is 0.381 e. The molecule has 0 fully saturated rings. The number of H-pyrrole nitrogens is 1. The predicted molar refractivity (Wildman–Crippen MR) is 91.4 cm³/mol. The average molecular weight is 302 g/mol. The van der Waals surface area contributed by atoms with Gasteiger partial charge >= 0.3 is 0 Å². The molecule has 0 aliphatic carbocycles. The summed E-state index contributed by atoms with van der Waals surface area (Å²) in [6, 6.07) is 13.5. The number of anilines is 1. The summed E-state index contributed by atoms with van der Waals surface area (Å²) in [5.74, 6) is 0. The fourth-order valence-electron chi connectivity index (χ4n) is 2.68. The van der Waals surface area contributed by atoms with Gasteiger partial charge in [-0.05, 0) is 42.0 Å². The molecule has 3 aromatic heterocycles. The van der Waals surface area contributed by atoms with Crippen molar-refractivity contribution in [2.45, 2.75) is 6.54 Å². The van der Waals surface area contributed by atoms with Gasteiger partial charge in [-0.3, -0.25) is 9.78 Å². The topological polar surface area (TPSA) is 70.7 Å². The predicted octanol–water partition coefficient (Wildman–Crippen LogP) is 3.08. The van der Waals surface area contributed by atoms with Crippen LogP contribution in [0.2, 0.25) is 0 Å². The highest BCUT2D eigenvalue weighted by molar-refractivity contribution is 6.05. The molecule has 5 heteroatoms. The number of aromatic amines is 1. The van der Waals surface area contributed by atoms with Crippen molar-refractivity contribution >= 4 is 27.5 Å². The molecule has 3 heterocycles. The first-order chi connectivity index (χ1) is 11.3. The third-order valence-electron chi connectivity index (χ3n) is 3.81. The first-order valence-corrected chi connectivity index (χ1v) is 7.35. The van der Waals surface area contributed by atoms with Gasteiger partial charge in [0, 0.05) is 47.0 Å². The van der Waals surface area contributed by atoms with Crippen molar-refractivity contribution in [3.05, 3.63) is 77.0 Å². The second-order valence-electron chi connectivity index (χ2n) is 5.33. The standard InChI is InChI=1S/C18H14N4O/c23-18-15-6-5-13(21-11-12-3-1-7-19-10-12)9-16(15)14-4-2-8-20-17(14)22-18/h1-10,21H,11H2,(H,20,22,23). The van der Waals surface area contributed by atoms with Crippen molar-refractivity contribution in [1.82, 2.24) is 15.0 Å². The van der Waals surface area contributed by atoms with Gasteiger partial charge in [0.2, 0.25) is 0 Å². The van der Waals surface area contributed by atoms with Crippen molar-refractivity contribution in [3.63, 3.8) is 0 Å². The third-order valence-corrected chi connectivity index (χ3v) is 3.81. The molecular formula is C18H14N4O. The summed E-state index contributed by atoms with van der Waals surface area (Å²) in [4.78, 5) is 23.3. The number of nitrogens with zero attached hydrogens (tertiary/aromatic N) is 2. The summed E-state index contributed by atoms with van der Waals surface area (Å²) < 4.78 is 0. The molecule has 0 unspecified atom stereocenters. The lowest BCUT2D eigenvalue weighted by Gasteiger charge is -2.08. The van der Waals surface area contributed by atoms with Crippen LogP contribution in [-0.2, 0) is 6.54 Å². The summed E-state index contributed by atoms with van der Waals surface area (Å²) in [5, 5.41) is 5.86. The smallest absolute Gasteiger partial charge is 0.257 e. The van der Waals surface area contributed by atoms with E-state index in [9.17, 15) is 4.79 Å². The van der Waals surface area contributed by atoms with Crippen LogP contribution in [0.25, 0.3) is 21.8 Å². The molecule has 0 aliphatic heterocycles. The summed E-state index contributed by atoms with van der Waals surface area (Å²) >= 11 is 0. The minimum atomic E-state index is -0.120. The van der Waals surface area contributed by atoms with Crippen LogP contribution in [0.3, 0.4) is 0 Å². The molecule has 112 valence electrons. The summed E-state index contributed by atoms with van der Waals surface area (Å²) in [6.07, 6.45) is 5.26. The van der Waals surface area contributed by atoms with E-state index in [1.807, 2.05) is 48.7 Å². The zero-order valence-corrected chi connectivity index (χ0v) is 12.3. The molecule has 2 N–H and O–H groups in total. The van der Waals surface area contributed by atoms with Crippen LogP contribution in [0.15, 0.2) is 65.8 Å². The molecule has 0 saturated heterocycles. The number of hydrogen-bond donors (Lipinski definition) is 2. The minimum Gasteiger partial charge on any atom is -0.381 e. The van der Waals surface area contributed by atoms with E-state index in [4.69, 9.17) is 0 Å². The van der Waals surface area contributed by atoms with Gasteiger partial charge in [-0.2, -0.15) is 0 Å². The molecular weight excluding hydrogens is 288 g/mol. The molecule has 4 rings (SSSR count). The fourth-order valence-corrected chi connectivity index (χ4v) is 2.68. The Hall–Kier alpha value is -3.21. The fraction of sp³-hybridized carbons (Fsp3) is 0.0556. The van der Waals surface area contributed by atoms with E-state index in [0.29, 0.717) is 17.6 Å². The molecule has 0 aliphatic rings. The van der Waals surface area contributed by atoms with Crippen molar-refractivity contribution in [1.29, 1.82) is 0 Å². The highest BCUT2D eigenvalue weighted by Crippen LogP contribution is 2.23. The molecule has 0 atom stereocenters. The van der Waals surface area contributed by atoms with Gasteiger partial charge in [0.05, 0.1) is 0 Å². The van der Waals surface area contributed by atoms with Gasteiger partial charge in [-0.15, -0.1) is 0 Å². The number of pyridine rings is 3. The van der Waals surface area contributed by atoms with Gasteiger partial charge in [-0.25, -0.2) is 4.98 Å². The first kappa shape index (κ1) is 13.5. The third kappa shape index (κ3) is 2.53. The van der Waals surface area contributed by atoms with Gasteiger partial charge < -0.3 is 10.3 Å². The number of benzene rings is 1. The Bertz CT molecular complexity index is 1040. The van der Waals surface area contributed by atoms with Crippen LogP contribution in [-0.4, -0.2) is 15.0 Å². The van der Waals surface area contributed by atoms with E-state index < -0.39 is 0 Å². The van der Waals surface area contributed by atoms with Crippen molar-refractivity contribution < 1.29 is 0 Å². The van der Waals surface area contributed by atoms with Crippen LogP contribution in [0.4, 0.5) is 5.69 Å². The molecule has 4 aromatic rings. The average Bonchev–Trinajstić information content (AvgIpc) is 2.61. The molecule has 0 saturated carbocycles. The van der Waals surface area contributed by atoms with Crippen LogP contribution < -0.4 is 10.9 Å². The lowest BCUT2D eigenvalue weighted by molar-refractivity contribution is 1.11. The summed E-state index contributed by atoms with van der Waals surface area (Å²) in [6.45, 7) is 0.679. The number of hydrogen-bond acceptors (Lipinski definition) is 4. The van der Waals surface area contributed by atoms with Gasteiger partial charge in [0.1, 0.15) is 5.65 Å². The second-order valence-corrected chi connectivity index (χ2v) is 5.33. The van der Waals surface area contributed by atoms with Gasteiger partial charge in [0.15, 0.2) is 0 Å². The Kier molecular flexibility index (Phi) is 3.24. The van der Waals surface area contributed by atoms with Gasteiger partial charge in [-0.1, -0.05) is 6.07 Å². The van der Waals surface area contributed by atoms with E-state index in [0.717, 1.165) is 22.0 Å². The monoisotopic (exact) mass is 302 g/mol. The molecule has 0 bridgehead atoms. The van der Waals surface area contributed by atoms with Crippen LogP contribution in [0.1, 0.15) is 5.56 Å². The highest BCUT2D eigenvalue weighted by atomic mass is 16.1. The first-order valence-electron chi connectivity index (χ1n) is 7.35. The lowest BCUT2D eigenvalue weighted by Crippen LogP contribution is -2.07. The SMILES string of the molecule is O=c1[nH]c2ncccc2c2cc(NCc3cccnc3)ccc12. The molecule has 1 aromatic carbocycles. The van der Waals surface area contributed by atoms with Crippen LogP contribution in [0.5, 0.6) is 0 Å². The lowest BCUT2D eigenvalue weighted by atomic mass is 10.1. The van der Waals surface area contributed by atoms with Gasteiger partial charge in [0.25, 0.3) is 5.56 Å². The highest BCUT2D eigenvalue weighted by Gasteiger charge is 2.06. The Morgan fingerprint density at radius 3 is 2.78 bits per heavy atom. The second kappa shape index (κ2) is 5.53. The van der Waals surface area contributed by atoms with E-state index in [2.05, 4.69) is 20.3 Å². The molecule has 0 amide bonds. The molecule has 0 spiro atoms. The normalized spacial score (nSPS) is 11.0. The van der Waals surface area contributed by atoms with Crippen molar-refractivity contribution in [2.24, 2.45) is 0 Å². The maximum absolute atomic E-state index is 12.2. The van der Waals surface area contributed by atoms with Crippen molar-refractivity contribution in [2.75, 3.05) is 5.32 Å². The number of aromatic nitrogens is 3. The Morgan fingerprint density at radius 2 is 1.91 bits per heavy atom. The minimum absolute atomic E-state index is 0.120. The zero-order valence-electron chi connectivity index (χ0n) is 12.3. The molecule has 23 heavy (non-hydrogen) atoms. The maximum atomic E-state index is 12.2. The summed E-state index contributed by atoms with van der Waals surface area (Å²) in [7, 11) is 0. The number of fused-ring (bicyclic) bond motifs is 3. The molecule has 5 nitrogen and oxygen atoms in total. The van der Waals surface area contributed by atoms with E-state index in [-0.39, 0.29) is 5.56 Å². The Morgan fingerprint density at radius 1 is 1.00 bits per heavy atom. The van der Waals surface area contributed by atoms with E-state index in [1.54, 1.807) is 12.4 Å². The maximum Gasteiger partial charge on any atom is 0.257 e.